The predicted molar refractivity (Wildman–Crippen MR) is 75.4 cm³/mol. The summed E-state index contributed by atoms with van der Waals surface area (Å²) < 4.78 is 0. The van der Waals surface area contributed by atoms with Gasteiger partial charge in [-0.05, 0) is 12.8 Å². The van der Waals surface area contributed by atoms with Crippen molar-refractivity contribution in [2.24, 2.45) is 0 Å². The van der Waals surface area contributed by atoms with E-state index in [4.69, 9.17) is 0 Å². The maximum Gasteiger partial charge on any atom is 0.135 e. The van der Waals surface area contributed by atoms with E-state index in [1.807, 2.05) is 27.7 Å². The third-order valence-electron chi connectivity index (χ3n) is 3.45. The number of hydrogen-bond donors (Lipinski definition) is 0. The van der Waals surface area contributed by atoms with Crippen LogP contribution in [-0.4, -0.2) is 29.8 Å². The van der Waals surface area contributed by atoms with Crippen LogP contribution in [0.2, 0.25) is 0 Å². The highest BCUT2D eigenvalue weighted by atomic mass is 16.1. The first kappa shape index (κ1) is 16.6. The summed E-state index contributed by atoms with van der Waals surface area (Å²) in [5.74, 6) is 0.465. The third-order valence-corrected chi connectivity index (χ3v) is 3.45. The van der Waals surface area contributed by atoms with Gasteiger partial charge in [-0.15, -0.1) is 0 Å². The van der Waals surface area contributed by atoms with Crippen molar-refractivity contribution in [2.45, 2.75) is 78.7 Å². The average molecular weight is 241 g/mol. The van der Waals surface area contributed by atoms with E-state index in [9.17, 15) is 4.79 Å². The minimum atomic E-state index is 0.465. The van der Waals surface area contributed by atoms with E-state index >= 15 is 0 Å². The highest BCUT2D eigenvalue weighted by Crippen LogP contribution is 2.24. The molecule has 0 radical (unpaired) electrons. The van der Waals surface area contributed by atoms with Gasteiger partial charge < -0.3 is 0 Å². The molecule has 0 atom stereocenters. The Morgan fingerprint density at radius 1 is 0.882 bits per heavy atom. The van der Waals surface area contributed by atoms with Crippen LogP contribution in [0.1, 0.15) is 72.6 Å². The second kappa shape index (κ2) is 10.8. The summed E-state index contributed by atoms with van der Waals surface area (Å²) in [6, 6.07) is 0.807. The molecule has 17 heavy (non-hydrogen) atoms. The van der Waals surface area contributed by atoms with Crippen LogP contribution in [0.4, 0.5) is 0 Å². The first-order valence-electron chi connectivity index (χ1n) is 7.62. The van der Waals surface area contributed by atoms with E-state index in [1.165, 1.54) is 32.1 Å². The standard InChI is InChI=1S/C11H19NO.2C2H6/c13-11-6-8-12(9-7-11)10-4-2-1-3-5-10;2*1-2/h10H,1-9H2;2*1-2H3. The molecule has 2 nitrogen and oxygen atoms in total. The lowest BCUT2D eigenvalue weighted by molar-refractivity contribution is -0.122. The van der Waals surface area contributed by atoms with Crippen molar-refractivity contribution in [3.05, 3.63) is 0 Å². The molecule has 0 aromatic carbocycles. The number of hydrogen-bond acceptors (Lipinski definition) is 2. The van der Waals surface area contributed by atoms with Crippen molar-refractivity contribution in [3.63, 3.8) is 0 Å². The fourth-order valence-electron chi connectivity index (χ4n) is 2.58. The number of carbonyl (C=O) groups excluding carboxylic acids is 1. The molecule has 1 aliphatic heterocycles. The van der Waals surface area contributed by atoms with Gasteiger partial charge in [0, 0.05) is 32.0 Å². The van der Waals surface area contributed by atoms with Crippen LogP contribution in [0, 0.1) is 0 Å². The van der Waals surface area contributed by atoms with Gasteiger partial charge in [-0.1, -0.05) is 47.0 Å². The second-order valence-electron chi connectivity index (χ2n) is 4.37. The first-order valence-corrected chi connectivity index (χ1v) is 7.62. The van der Waals surface area contributed by atoms with Crippen molar-refractivity contribution in [3.8, 4) is 0 Å². The Bertz CT molecular complexity index is 175. The Morgan fingerprint density at radius 2 is 1.35 bits per heavy atom. The molecule has 1 heterocycles. The third kappa shape index (κ3) is 6.21. The highest BCUT2D eigenvalue weighted by molar-refractivity contribution is 5.79. The largest absolute Gasteiger partial charge is 0.300 e. The van der Waals surface area contributed by atoms with E-state index in [2.05, 4.69) is 4.90 Å². The SMILES string of the molecule is CC.CC.O=C1CCN(C2CCCCC2)CC1. The number of Topliss-reactive ketones (excluding diaryl/α,β-unsaturated/α-hetero) is 1. The summed E-state index contributed by atoms with van der Waals surface area (Å²) in [7, 11) is 0. The summed E-state index contributed by atoms with van der Waals surface area (Å²) in [6.45, 7) is 10.1. The van der Waals surface area contributed by atoms with Crippen LogP contribution in [0.25, 0.3) is 0 Å². The topological polar surface area (TPSA) is 20.3 Å². The maximum atomic E-state index is 11.1. The first-order chi connectivity index (χ1) is 8.36. The smallest absolute Gasteiger partial charge is 0.135 e. The molecule has 2 heteroatoms. The molecule has 0 aromatic rings. The Kier molecular flexibility index (Phi) is 10.5. The lowest BCUT2D eigenvalue weighted by Crippen LogP contribution is -2.42. The van der Waals surface area contributed by atoms with Gasteiger partial charge in [0.15, 0.2) is 0 Å². The molecule has 102 valence electrons. The predicted octanol–water partition coefficient (Wildman–Crippen LogP) is 4.04. The van der Waals surface area contributed by atoms with Gasteiger partial charge >= 0.3 is 0 Å². The van der Waals surface area contributed by atoms with E-state index in [1.54, 1.807) is 0 Å². The molecule has 2 fully saturated rings. The number of rotatable bonds is 1. The molecule has 2 aliphatic rings. The van der Waals surface area contributed by atoms with Crippen molar-refractivity contribution < 1.29 is 4.79 Å². The van der Waals surface area contributed by atoms with Crippen LogP contribution >= 0.6 is 0 Å². The average Bonchev–Trinajstić information content (AvgIpc) is 2.45. The van der Waals surface area contributed by atoms with Crippen LogP contribution in [-0.2, 0) is 4.79 Å². The second-order valence-corrected chi connectivity index (χ2v) is 4.37. The molecular weight excluding hydrogens is 210 g/mol. The minimum Gasteiger partial charge on any atom is -0.300 e. The number of piperidine rings is 1. The number of nitrogens with zero attached hydrogens (tertiary/aromatic N) is 1. The molecule has 0 N–H and O–H groups in total. The lowest BCUT2D eigenvalue weighted by atomic mass is 9.93. The Hall–Kier alpha value is -0.370. The van der Waals surface area contributed by atoms with Crippen molar-refractivity contribution in [1.29, 1.82) is 0 Å². The summed E-state index contributed by atoms with van der Waals surface area (Å²) in [6.07, 6.45) is 8.56. The summed E-state index contributed by atoms with van der Waals surface area (Å²) in [5, 5.41) is 0. The molecule has 1 saturated heterocycles. The zero-order valence-electron chi connectivity index (χ0n) is 12.3. The number of carbonyl (C=O) groups is 1. The molecule has 1 aliphatic carbocycles. The molecule has 0 unspecified atom stereocenters. The molecule has 0 aromatic heterocycles. The normalized spacial score (nSPS) is 22.0. The monoisotopic (exact) mass is 241 g/mol. The fraction of sp³-hybridized carbons (Fsp3) is 0.933. The molecule has 0 bridgehead atoms. The van der Waals surface area contributed by atoms with Crippen LogP contribution in [0.3, 0.4) is 0 Å². The zero-order valence-corrected chi connectivity index (χ0v) is 12.3. The molecule has 2 rings (SSSR count). The molecule has 0 amide bonds. The van der Waals surface area contributed by atoms with Crippen molar-refractivity contribution >= 4 is 5.78 Å². The van der Waals surface area contributed by atoms with Crippen LogP contribution < -0.4 is 0 Å². The van der Waals surface area contributed by atoms with Gasteiger partial charge in [-0.2, -0.15) is 0 Å². The van der Waals surface area contributed by atoms with Gasteiger partial charge in [-0.3, -0.25) is 9.69 Å². The lowest BCUT2D eigenvalue weighted by Gasteiger charge is -2.36. The van der Waals surface area contributed by atoms with Gasteiger partial charge in [0.2, 0.25) is 0 Å². The van der Waals surface area contributed by atoms with E-state index in [0.29, 0.717) is 5.78 Å². The fourth-order valence-corrected chi connectivity index (χ4v) is 2.58. The van der Waals surface area contributed by atoms with Gasteiger partial charge in [-0.25, -0.2) is 0 Å². The Balaban J connectivity index is 0.000000581. The summed E-state index contributed by atoms with van der Waals surface area (Å²) in [4.78, 5) is 13.6. The van der Waals surface area contributed by atoms with E-state index < -0.39 is 0 Å². The Labute approximate surface area is 108 Å². The van der Waals surface area contributed by atoms with Crippen molar-refractivity contribution in [2.75, 3.05) is 13.1 Å². The molecule has 1 saturated carbocycles. The number of likely N-dealkylation sites (tertiary alicyclic amines) is 1. The van der Waals surface area contributed by atoms with Crippen molar-refractivity contribution in [1.82, 2.24) is 4.90 Å². The Morgan fingerprint density at radius 3 is 1.82 bits per heavy atom. The highest BCUT2D eigenvalue weighted by Gasteiger charge is 2.24. The van der Waals surface area contributed by atoms with E-state index in [-0.39, 0.29) is 0 Å². The van der Waals surface area contributed by atoms with Gasteiger partial charge in [0.25, 0.3) is 0 Å². The molecule has 0 spiro atoms. The molecular formula is C15H31NO. The summed E-state index contributed by atoms with van der Waals surface area (Å²) >= 11 is 0. The van der Waals surface area contributed by atoms with Crippen LogP contribution in [0.5, 0.6) is 0 Å². The van der Waals surface area contributed by atoms with Gasteiger partial charge in [0.1, 0.15) is 5.78 Å². The quantitative estimate of drug-likeness (QED) is 0.690. The zero-order chi connectivity index (χ0) is 13.1. The summed E-state index contributed by atoms with van der Waals surface area (Å²) in [5.41, 5.74) is 0. The van der Waals surface area contributed by atoms with Gasteiger partial charge in [0.05, 0.1) is 0 Å². The van der Waals surface area contributed by atoms with E-state index in [0.717, 1.165) is 32.0 Å². The minimum absolute atomic E-state index is 0.465. The van der Waals surface area contributed by atoms with Crippen LogP contribution in [0.15, 0.2) is 0 Å². The number of ketones is 1. The maximum absolute atomic E-state index is 11.1.